The molecule has 0 radical (unpaired) electrons. The lowest BCUT2D eigenvalue weighted by atomic mass is 10.1. The summed E-state index contributed by atoms with van der Waals surface area (Å²) in [5, 5.41) is 9.41. The molecule has 19 heavy (non-hydrogen) atoms. The van der Waals surface area contributed by atoms with Crippen LogP contribution in [0.5, 0.6) is 0 Å². The summed E-state index contributed by atoms with van der Waals surface area (Å²) in [7, 11) is 0. The minimum absolute atomic E-state index is 0.353. The van der Waals surface area contributed by atoms with Gasteiger partial charge in [0.05, 0.1) is 19.3 Å². The third-order valence-corrected chi connectivity index (χ3v) is 3.29. The Morgan fingerprint density at radius 2 is 2.11 bits per heavy atom. The second-order valence-electron chi connectivity index (χ2n) is 4.76. The van der Waals surface area contributed by atoms with E-state index >= 15 is 0 Å². The number of rotatable bonds is 8. The Morgan fingerprint density at radius 1 is 1.37 bits per heavy atom. The molecule has 0 aromatic heterocycles. The number of aliphatic hydroxyl groups is 1. The quantitative estimate of drug-likeness (QED) is 0.559. The molecule has 4 nitrogen and oxygen atoms in total. The molecular weight excluding hydrogens is 240 g/mol. The molecule has 108 valence electrons. The summed E-state index contributed by atoms with van der Waals surface area (Å²) < 4.78 is 5.48. The van der Waals surface area contributed by atoms with Crippen molar-refractivity contribution in [2.24, 2.45) is 0 Å². The van der Waals surface area contributed by atoms with E-state index in [2.05, 4.69) is 17.9 Å². The number of ether oxygens (including phenoxy) is 1. The van der Waals surface area contributed by atoms with Crippen molar-refractivity contribution in [3.63, 3.8) is 0 Å². The number of nitrogen functional groups attached to an aromatic ring is 1. The molecule has 0 saturated heterocycles. The van der Waals surface area contributed by atoms with E-state index in [1.807, 2.05) is 26.0 Å². The van der Waals surface area contributed by atoms with Crippen LogP contribution >= 0.6 is 0 Å². The molecule has 0 aliphatic rings. The van der Waals surface area contributed by atoms with Crippen LogP contribution in [-0.4, -0.2) is 37.5 Å². The Balaban J connectivity index is 2.46. The van der Waals surface area contributed by atoms with E-state index < -0.39 is 0 Å². The predicted molar refractivity (Wildman–Crippen MR) is 80.6 cm³/mol. The SMILES string of the molecule is CCC(O)COCCN(CC)c1ccc(N)c(C)c1. The molecule has 1 unspecified atom stereocenters. The number of hydrogen-bond acceptors (Lipinski definition) is 4. The zero-order valence-corrected chi connectivity index (χ0v) is 12.2. The third kappa shape index (κ3) is 5.09. The van der Waals surface area contributed by atoms with Gasteiger partial charge in [0.25, 0.3) is 0 Å². The zero-order valence-electron chi connectivity index (χ0n) is 12.2. The van der Waals surface area contributed by atoms with Gasteiger partial charge in [0.15, 0.2) is 0 Å². The van der Waals surface area contributed by atoms with Gasteiger partial charge in [-0.15, -0.1) is 0 Å². The van der Waals surface area contributed by atoms with E-state index in [1.54, 1.807) is 0 Å². The summed E-state index contributed by atoms with van der Waals surface area (Å²) in [5.74, 6) is 0. The number of benzene rings is 1. The maximum atomic E-state index is 9.41. The number of likely N-dealkylation sites (N-methyl/N-ethyl adjacent to an activating group) is 1. The molecule has 4 heteroatoms. The largest absolute Gasteiger partial charge is 0.399 e. The number of aliphatic hydroxyl groups excluding tert-OH is 1. The van der Waals surface area contributed by atoms with Crippen LogP contribution in [0.2, 0.25) is 0 Å². The Morgan fingerprint density at radius 3 is 2.68 bits per heavy atom. The fraction of sp³-hybridized carbons (Fsp3) is 0.600. The number of anilines is 2. The Labute approximate surface area is 116 Å². The van der Waals surface area contributed by atoms with Crippen LogP contribution in [0.25, 0.3) is 0 Å². The fourth-order valence-electron chi connectivity index (χ4n) is 1.84. The molecule has 0 heterocycles. The maximum absolute atomic E-state index is 9.41. The second kappa shape index (κ2) is 8.02. The van der Waals surface area contributed by atoms with Crippen LogP contribution < -0.4 is 10.6 Å². The molecular formula is C15H26N2O2. The number of hydrogen-bond donors (Lipinski definition) is 2. The first-order valence-corrected chi connectivity index (χ1v) is 6.95. The van der Waals surface area contributed by atoms with Crippen molar-refractivity contribution >= 4 is 11.4 Å². The minimum Gasteiger partial charge on any atom is -0.399 e. The first kappa shape index (κ1) is 15.8. The molecule has 0 saturated carbocycles. The third-order valence-electron chi connectivity index (χ3n) is 3.29. The summed E-state index contributed by atoms with van der Waals surface area (Å²) in [4.78, 5) is 2.24. The predicted octanol–water partition coefficient (Wildman–Crippen LogP) is 2.19. The highest BCUT2D eigenvalue weighted by molar-refractivity contribution is 5.57. The van der Waals surface area contributed by atoms with Gasteiger partial charge in [-0.3, -0.25) is 0 Å². The Hall–Kier alpha value is -1.26. The Kier molecular flexibility index (Phi) is 6.67. The summed E-state index contributed by atoms with van der Waals surface area (Å²) in [6.07, 6.45) is 0.378. The standard InChI is InChI=1S/C15H26N2O2/c1-4-14(18)11-19-9-8-17(5-2)13-6-7-15(16)12(3)10-13/h6-7,10,14,18H,4-5,8-9,11,16H2,1-3H3. The topological polar surface area (TPSA) is 58.7 Å². The molecule has 0 fully saturated rings. The fourth-order valence-corrected chi connectivity index (χ4v) is 1.84. The molecule has 3 N–H and O–H groups in total. The minimum atomic E-state index is -0.353. The first-order chi connectivity index (χ1) is 9.08. The van der Waals surface area contributed by atoms with Gasteiger partial charge >= 0.3 is 0 Å². The van der Waals surface area contributed by atoms with Crippen molar-refractivity contribution in [1.29, 1.82) is 0 Å². The lowest BCUT2D eigenvalue weighted by molar-refractivity contribution is 0.0380. The van der Waals surface area contributed by atoms with Gasteiger partial charge in [-0.2, -0.15) is 0 Å². The molecule has 1 atom stereocenters. The molecule has 0 bridgehead atoms. The summed E-state index contributed by atoms with van der Waals surface area (Å²) in [5.41, 5.74) is 8.91. The molecule has 1 aromatic carbocycles. The van der Waals surface area contributed by atoms with Crippen LogP contribution in [0.15, 0.2) is 18.2 Å². The van der Waals surface area contributed by atoms with E-state index in [4.69, 9.17) is 10.5 Å². The van der Waals surface area contributed by atoms with Crippen molar-refractivity contribution in [1.82, 2.24) is 0 Å². The highest BCUT2D eigenvalue weighted by Gasteiger charge is 2.06. The molecule has 0 aliphatic heterocycles. The van der Waals surface area contributed by atoms with E-state index in [9.17, 15) is 5.11 Å². The number of nitrogens with two attached hydrogens (primary N) is 1. The van der Waals surface area contributed by atoms with Gasteiger partial charge in [0.1, 0.15) is 0 Å². The van der Waals surface area contributed by atoms with E-state index in [0.29, 0.717) is 13.2 Å². The molecule has 0 spiro atoms. The Bertz CT molecular complexity index is 382. The van der Waals surface area contributed by atoms with Crippen molar-refractivity contribution in [3.05, 3.63) is 23.8 Å². The van der Waals surface area contributed by atoms with Crippen LogP contribution in [-0.2, 0) is 4.74 Å². The van der Waals surface area contributed by atoms with Crippen LogP contribution in [0, 0.1) is 6.92 Å². The van der Waals surface area contributed by atoms with Gasteiger partial charge in [-0.05, 0) is 44.0 Å². The van der Waals surface area contributed by atoms with Gasteiger partial charge in [-0.25, -0.2) is 0 Å². The van der Waals surface area contributed by atoms with Gasteiger partial charge in [0, 0.05) is 24.5 Å². The van der Waals surface area contributed by atoms with Gasteiger partial charge in [0.2, 0.25) is 0 Å². The van der Waals surface area contributed by atoms with Crippen molar-refractivity contribution in [3.8, 4) is 0 Å². The number of aryl methyl sites for hydroxylation is 1. The van der Waals surface area contributed by atoms with Crippen LogP contribution in [0.3, 0.4) is 0 Å². The highest BCUT2D eigenvalue weighted by atomic mass is 16.5. The number of nitrogens with zero attached hydrogens (tertiary/aromatic N) is 1. The smallest absolute Gasteiger partial charge is 0.0771 e. The normalized spacial score (nSPS) is 12.4. The van der Waals surface area contributed by atoms with E-state index in [-0.39, 0.29) is 6.10 Å². The van der Waals surface area contributed by atoms with Crippen molar-refractivity contribution in [2.45, 2.75) is 33.3 Å². The zero-order chi connectivity index (χ0) is 14.3. The lowest BCUT2D eigenvalue weighted by Crippen LogP contribution is -2.28. The van der Waals surface area contributed by atoms with Crippen LogP contribution in [0.4, 0.5) is 11.4 Å². The average Bonchev–Trinajstić information content (AvgIpc) is 2.42. The molecule has 1 rings (SSSR count). The van der Waals surface area contributed by atoms with Crippen molar-refractivity contribution in [2.75, 3.05) is 36.9 Å². The lowest BCUT2D eigenvalue weighted by Gasteiger charge is -2.24. The monoisotopic (exact) mass is 266 g/mol. The summed E-state index contributed by atoms with van der Waals surface area (Å²) >= 11 is 0. The van der Waals surface area contributed by atoms with Gasteiger partial charge < -0.3 is 20.5 Å². The molecule has 0 amide bonds. The molecule has 1 aromatic rings. The van der Waals surface area contributed by atoms with Gasteiger partial charge in [-0.1, -0.05) is 6.92 Å². The van der Waals surface area contributed by atoms with E-state index in [1.165, 1.54) is 0 Å². The highest BCUT2D eigenvalue weighted by Crippen LogP contribution is 2.20. The summed E-state index contributed by atoms with van der Waals surface area (Å²) in [6, 6.07) is 6.07. The summed E-state index contributed by atoms with van der Waals surface area (Å²) in [6.45, 7) is 8.85. The van der Waals surface area contributed by atoms with Crippen LogP contribution in [0.1, 0.15) is 25.8 Å². The first-order valence-electron chi connectivity index (χ1n) is 6.95. The van der Waals surface area contributed by atoms with E-state index in [0.717, 1.165) is 36.4 Å². The molecule has 0 aliphatic carbocycles. The maximum Gasteiger partial charge on any atom is 0.0771 e. The van der Waals surface area contributed by atoms with Crippen molar-refractivity contribution < 1.29 is 9.84 Å². The second-order valence-corrected chi connectivity index (χ2v) is 4.76. The average molecular weight is 266 g/mol.